The Kier molecular flexibility index (Phi) is 5.92. The van der Waals surface area contributed by atoms with Crippen LogP contribution in [0.15, 0.2) is 57.4 Å². The molecule has 1 aliphatic heterocycles. The molecule has 29 heavy (non-hydrogen) atoms. The molecule has 1 aliphatic rings. The second-order valence-corrected chi connectivity index (χ2v) is 8.59. The Morgan fingerprint density at radius 1 is 1.14 bits per heavy atom. The fraction of sp³-hybridized carbons (Fsp3) is 0.348. The minimum atomic E-state index is -0.107. The standard InChI is InChI=1S/C23H25BrN2O3/c1-25(2)19-8-5-16(6-9-19)14-26(15-20-4-3-11-28-20)23(27)22-13-17-12-18(24)7-10-21(17)29-22/h5-10,12-13,20H,3-4,11,14-15H2,1-2H3/t20-/m1/s1. The maximum absolute atomic E-state index is 13.3. The van der Waals surface area contributed by atoms with Crippen molar-refractivity contribution in [3.63, 3.8) is 0 Å². The highest BCUT2D eigenvalue weighted by atomic mass is 79.9. The fourth-order valence-corrected chi connectivity index (χ4v) is 4.03. The van der Waals surface area contributed by atoms with Crippen LogP contribution in [0.5, 0.6) is 0 Å². The van der Waals surface area contributed by atoms with Gasteiger partial charge in [0.25, 0.3) is 5.91 Å². The molecule has 0 spiro atoms. The zero-order valence-electron chi connectivity index (χ0n) is 16.7. The normalized spacial score (nSPS) is 16.3. The molecule has 0 radical (unpaired) electrons. The summed E-state index contributed by atoms with van der Waals surface area (Å²) in [4.78, 5) is 17.2. The van der Waals surface area contributed by atoms with Crippen molar-refractivity contribution in [1.82, 2.24) is 4.90 Å². The maximum atomic E-state index is 13.3. The number of benzene rings is 2. The fourth-order valence-electron chi connectivity index (χ4n) is 3.65. The van der Waals surface area contributed by atoms with Gasteiger partial charge in [0.05, 0.1) is 6.10 Å². The molecule has 3 aromatic rings. The average molecular weight is 457 g/mol. The second-order valence-electron chi connectivity index (χ2n) is 7.67. The smallest absolute Gasteiger partial charge is 0.289 e. The number of hydrogen-bond acceptors (Lipinski definition) is 4. The van der Waals surface area contributed by atoms with Crippen LogP contribution >= 0.6 is 15.9 Å². The molecule has 1 amide bonds. The molecule has 1 saturated heterocycles. The van der Waals surface area contributed by atoms with Gasteiger partial charge in [-0.1, -0.05) is 28.1 Å². The van der Waals surface area contributed by atoms with E-state index in [1.165, 1.54) is 0 Å². The first-order valence-corrected chi connectivity index (χ1v) is 10.6. The second kappa shape index (κ2) is 8.59. The molecule has 1 fully saturated rings. The van der Waals surface area contributed by atoms with E-state index < -0.39 is 0 Å². The van der Waals surface area contributed by atoms with Crippen LogP contribution in [0.2, 0.25) is 0 Å². The van der Waals surface area contributed by atoms with Gasteiger partial charge in [-0.3, -0.25) is 4.79 Å². The van der Waals surface area contributed by atoms with Gasteiger partial charge in [0.2, 0.25) is 0 Å². The molecular formula is C23H25BrN2O3. The Balaban J connectivity index is 1.58. The summed E-state index contributed by atoms with van der Waals surface area (Å²) >= 11 is 3.47. The molecule has 2 heterocycles. The summed E-state index contributed by atoms with van der Waals surface area (Å²) in [5.74, 6) is 0.255. The van der Waals surface area contributed by atoms with Crippen molar-refractivity contribution in [2.24, 2.45) is 0 Å². The summed E-state index contributed by atoms with van der Waals surface area (Å²) < 4.78 is 12.6. The molecule has 1 aromatic heterocycles. The molecule has 0 aliphatic carbocycles. The molecule has 1 atom stereocenters. The number of carbonyl (C=O) groups is 1. The summed E-state index contributed by atoms with van der Waals surface area (Å²) in [6, 6.07) is 15.9. The Bertz CT molecular complexity index is 991. The van der Waals surface area contributed by atoms with E-state index in [1.807, 2.05) is 43.3 Å². The number of hydrogen-bond donors (Lipinski definition) is 0. The third-order valence-corrected chi connectivity index (χ3v) is 5.74. The lowest BCUT2D eigenvalue weighted by Gasteiger charge is -2.25. The van der Waals surface area contributed by atoms with Crippen LogP contribution in [0.3, 0.4) is 0 Å². The molecule has 2 aromatic carbocycles. The predicted molar refractivity (Wildman–Crippen MR) is 118 cm³/mol. The van der Waals surface area contributed by atoms with Crippen molar-refractivity contribution in [1.29, 1.82) is 0 Å². The van der Waals surface area contributed by atoms with Gasteiger partial charge >= 0.3 is 0 Å². The molecule has 0 saturated carbocycles. The largest absolute Gasteiger partial charge is 0.451 e. The highest BCUT2D eigenvalue weighted by molar-refractivity contribution is 9.10. The zero-order chi connectivity index (χ0) is 20.4. The highest BCUT2D eigenvalue weighted by Crippen LogP contribution is 2.25. The maximum Gasteiger partial charge on any atom is 0.289 e. The van der Waals surface area contributed by atoms with Crippen molar-refractivity contribution in [3.05, 3.63) is 64.3 Å². The van der Waals surface area contributed by atoms with E-state index in [4.69, 9.17) is 9.15 Å². The van der Waals surface area contributed by atoms with Crippen molar-refractivity contribution in [2.45, 2.75) is 25.5 Å². The van der Waals surface area contributed by atoms with Crippen molar-refractivity contribution in [2.75, 3.05) is 32.1 Å². The molecule has 152 valence electrons. The van der Waals surface area contributed by atoms with E-state index in [0.717, 1.165) is 40.6 Å². The van der Waals surface area contributed by atoms with Crippen LogP contribution in [0, 0.1) is 0 Å². The number of nitrogens with zero attached hydrogens (tertiary/aromatic N) is 2. The van der Waals surface area contributed by atoms with Crippen LogP contribution in [0.1, 0.15) is 29.0 Å². The van der Waals surface area contributed by atoms with Crippen LogP contribution in [0.4, 0.5) is 5.69 Å². The summed E-state index contributed by atoms with van der Waals surface area (Å²) in [7, 11) is 4.03. The summed E-state index contributed by atoms with van der Waals surface area (Å²) in [5.41, 5.74) is 2.93. The van der Waals surface area contributed by atoms with Gasteiger partial charge in [0.1, 0.15) is 5.58 Å². The van der Waals surface area contributed by atoms with E-state index in [9.17, 15) is 4.79 Å². The lowest BCUT2D eigenvalue weighted by molar-refractivity contribution is 0.0485. The van der Waals surface area contributed by atoms with Gasteiger partial charge in [-0.25, -0.2) is 0 Å². The first-order valence-electron chi connectivity index (χ1n) is 9.86. The minimum Gasteiger partial charge on any atom is -0.451 e. The Morgan fingerprint density at radius 2 is 1.93 bits per heavy atom. The van der Waals surface area contributed by atoms with E-state index in [0.29, 0.717) is 24.4 Å². The van der Waals surface area contributed by atoms with Gasteiger partial charge in [0, 0.05) is 49.3 Å². The van der Waals surface area contributed by atoms with Gasteiger partial charge < -0.3 is 19.0 Å². The van der Waals surface area contributed by atoms with Crippen LogP contribution in [-0.2, 0) is 11.3 Å². The number of rotatable bonds is 6. The van der Waals surface area contributed by atoms with E-state index in [1.54, 1.807) is 0 Å². The first-order chi connectivity index (χ1) is 14.0. The predicted octanol–water partition coefficient (Wildman–Crippen LogP) is 5.08. The van der Waals surface area contributed by atoms with Gasteiger partial charge in [-0.15, -0.1) is 0 Å². The monoisotopic (exact) mass is 456 g/mol. The topological polar surface area (TPSA) is 45.9 Å². The highest BCUT2D eigenvalue weighted by Gasteiger charge is 2.26. The number of carbonyl (C=O) groups excluding carboxylic acids is 1. The van der Waals surface area contributed by atoms with E-state index in [2.05, 4.69) is 45.1 Å². The zero-order valence-corrected chi connectivity index (χ0v) is 18.3. The molecule has 0 unspecified atom stereocenters. The summed E-state index contributed by atoms with van der Waals surface area (Å²) in [5, 5.41) is 0.912. The summed E-state index contributed by atoms with van der Waals surface area (Å²) in [6.07, 6.45) is 2.11. The van der Waals surface area contributed by atoms with E-state index in [-0.39, 0.29) is 12.0 Å². The molecule has 4 rings (SSSR count). The third-order valence-electron chi connectivity index (χ3n) is 5.25. The van der Waals surface area contributed by atoms with Gasteiger partial charge in [-0.2, -0.15) is 0 Å². The van der Waals surface area contributed by atoms with Crippen molar-refractivity contribution in [3.8, 4) is 0 Å². The Hall–Kier alpha value is -2.31. The lowest BCUT2D eigenvalue weighted by Crippen LogP contribution is -2.36. The van der Waals surface area contributed by atoms with Gasteiger partial charge in [0.15, 0.2) is 5.76 Å². The third kappa shape index (κ3) is 4.65. The molecule has 5 nitrogen and oxygen atoms in total. The number of anilines is 1. The summed E-state index contributed by atoms with van der Waals surface area (Å²) in [6.45, 7) is 1.85. The number of furan rings is 1. The van der Waals surface area contributed by atoms with Crippen LogP contribution in [0.25, 0.3) is 11.0 Å². The van der Waals surface area contributed by atoms with Gasteiger partial charge in [-0.05, 0) is 54.8 Å². The molecular weight excluding hydrogens is 432 g/mol. The number of ether oxygens (including phenoxy) is 1. The molecule has 0 bridgehead atoms. The first kappa shape index (κ1) is 20.0. The molecule has 0 N–H and O–H groups in total. The van der Waals surface area contributed by atoms with Crippen molar-refractivity contribution < 1.29 is 13.9 Å². The van der Waals surface area contributed by atoms with E-state index >= 15 is 0 Å². The van der Waals surface area contributed by atoms with Crippen LogP contribution in [-0.4, -0.2) is 44.2 Å². The Morgan fingerprint density at radius 3 is 2.62 bits per heavy atom. The number of amides is 1. The Labute approximate surface area is 179 Å². The van der Waals surface area contributed by atoms with Crippen molar-refractivity contribution >= 4 is 38.5 Å². The molecule has 6 heteroatoms. The lowest BCUT2D eigenvalue weighted by atomic mass is 10.1. The number of halogens is 1. The minimum absolute atomic E-state index is 0.0820. The SMILES string of the molecule is CN(C)c1ccc(CN(C[C@H]2CCCO2)C(=O)c2cc3cc(Br)ccc3o2)cc1. The van der Waals surface area contributed by atoms with Crippen LogP contribution < -0.4 is 4.90 Å². The quantitative estimate of drug-likeness (QED) is 0.518. The average Bonchev–Trinajstić information content (AvgIpc) is 3.36. The number of fused-ring (bicyclic) bond motifs is 1.